The van der Waals surface area contributed by atoms with E-state index in [-0.39, 0.29) is 6.10 Å². The monoisotopic (exact) mass is 222 g/mol. The van der Waals surface area contributed by atoms with E-state index in [9.17, 15) is 5.11 Å². The molecule has 1 rings (SSSR count). The van der Waals surface area contributed by atoms with Crippen LogP contribution < -0.4 is 5.19 Å². The molecule has 0 saturated carbocycles. The quantitative estimate of drug-likeness (QED) is 0.776. The zero-order valence-corrected chi connectivity index (χ0v) is 11.2. The molecule has 0 spiro atoms. The zero-order valence-electron chi connectivity index (χ0n) is 10.2. The topological polar surface area (TPSA) is 20.2 Å². The average Bonchev–Trinajstić information content (AvgIpc) is 2.17. The van der Waals surface area contributed by atoms with Gasteiger partial charge in [-0.05, 0) is 12.0 Å². The van der Waals surface area contributed by atoms with Gasteiger partial charge in [0.25, 0.3) is 0 Å². The van der Waals surface area contributed by atoms with Gasteiger partial charge in [-0.1, -0.05) is 62.4 Å². The SMILES string of the molecule is CCCC(O)c1ccccc1[Si](C)(C)C. The van der Waals surface area contributed by atoms with E-state index in [1.54, 1.807) is 0 Å². The molecule has 15 heavy (non-hydrogen) atoms. The Labute approximate surface area is 94.2 Å². The van der Waals surface area contributed by atoms with Crippen LogP contribution in [0.25, 0.3) is 0 Å². The Bertz CT molecular complexity index is 315. The lowest BCUT2D eigenvalue weighted by Crippen LogP contribution is -2.40. The van der Waals surface area contributed by atoms with Crippen LogP contribution in [0.5, 0.6) is 0 Å². The molecular weight excluding hydrogens is 200 g/mol. The van der Waals surface area contributed by atoms with Crippen molar-refractivity contribution in [3.05, 3.63) is 29.8 Å². The molecule has 0 bridgehead atoms. The van der Waals surface area contributed by atoms with Crippen LogP contribution in [-0.4, -0.2) is 13.2 Å². The Morgan fingerprint density at radius 2 is 1.80 bits per heavy atom. The van der Waals surface area contributed by atoms with Crippen LogP contribution in [0.2, 0.25) is 19.6 Å². The summed E-state index contributed by atoms with van der Waals surface area (Å²) >= 11 is 0. The highest BCUT2D eigenvalue weighted by Gasteiger charge is 2.22. The van der Waals surface area contributed by atoms with Crippen molar-refractivity contribution in [2.45, 2.75) is 45.5 Å². The largest absolute Gasteiger partial charge is 0.388 e. The lowest BCUT2D eigenvalue weighted by molar-refractivity contribution is 0.167. The van der Waals surface area contributed by atoms with Gasteiger partial charge in [0.2, 0.25) is 0 Å². The standard InChI is InChI=1S/C13H22OSi/c1-5-8-12(14)11-9-6-7-10-13(11)15(2,3)4/h6-7,9-10,12,14H,5,8H2,1-4H3. The molecular formula is C13H22OSi. The summed E-state index contributed by atoms with van der Waals surface area (Å²) < 4.78 is 0. The summed E-state index contributed by atoms with van der Waals surface area (Å²) in [5, 5.41) is 11.5. The first kappa shape index (κ1) is 12.5. The van der Waals surface area contributed by atoms with E-state index >= 15 is 0 Å². The van der Waals surface area contributed by atoms with Crippen LogP contribution in [-0.2, 0) is 0 Å². The molecule has 1 atom stereocenters. The summed E-state index contributed by atoms with van der Waals surface area (Å²) in [6.45, 7) is 9.08. The van der Waals surface area contributed by atoms with Gasteiger partial charge >= 0.3 is 0 Å². The van der Waals surface area contributed by atoms with E-state index in [1.165, 1.54) is 5.19 Å². The predicted molar refractivity (Wildman–Crippen MR) is 69.3 cm³/mol. The van der Waals surface area contributed by atoms with E-state index in [0.717, 1.165) is 18.4 Å². The van der Waals surface area contributed by atoms with Crippen LogP contribution in [0.1, 0.15) is 31.4 Å². The predicted octanol–water partition coefficient (Wildman–Crippen LogP) is 3.07. The van der Waals surface area contributed by atoms with Gasteiger partial charge in [0.15, 0.2) is 0 Å². The van der Waals surface area contributed by atoms with Gasteiger partial charge in [0, 0.05) is 0 Å². The van der Waals surface area contributed by atoms with E-state index in [4.69, 9.17) is 0 Å². The molecule has 1 aromatic rings. The fourth-order valence-electron chi connectivity index (χ4n) is 1.90. The maximum atomic E-state index is 10.1. The molecule has 0 fully saturated rings. The highest BCUT2D eigenvalue weighted by molar-refractivity contribution is 6.89. The second kappa shape index (κ2) is 4.95. The molecule has 0 radical (unpaired) electrons. The van der Waals surface area contributed by atoms with Crippen molar-refractivity contribution in [2.75, 3.05) is 0 Å². The maximum Gasteiger partial charge on any atom is 0.0788 e. The lowest BCUT2D eigenvalue weighted by Gasteiger charge is -2.23. The minimum atomic E-state index is -1.33. The second-order valence-electron chi connectivity index (χ2n) is 5.14. The normalized spacial score (nSPS) is 13.9. The first-order valence-electron chi connectivity index (χ1n) is 5.74. The summed E-state index contributed by atoms with van der Waals surface area (Å²) in [6.07, 6.45) is 1.61. The molecule has 0 aromatic heterocycles. The summed E-state index contributed by atoms with van der Waals surface area (Å²) in [7, 11) is -1.33. The van der Waals surface area contributed by atoms with E-state index in [2.05, 4.69) is 44.8 Å². The Morgan fingerprint density at radius 3 is 2.33 bits per heavy atom. The minimum absolute atomic E-state index is 0.280. The highest BCUT2D eigenvalue weighted by atomic mass is 28.3. The van der Waals surface area contributed by atoms with E-state index in [0.29, 0.717) is 0 Å². The summed E-state index contributed by atoms with van der Waals surface area (Å²) in [5.74, 6) is 0. The first-order valence-corrected chi connectivity index (χ1v) is 9.24. The summed E-state index contributed by atoms with van der Waals surface area (Å²) in [4.78, 5) is 0. The van der Waals surface area contributed by atoms with Crippen LogP contribution in [0.15, 0.2) is 24.3 Å². The highest BCUT2D eigenvalue weighted by Crippen LogP contribution is 2.19. The fraction of sp³-hybridized carbons (Fsp3) is 0.538. The van der Waals surface area contributed by atoms with E-state index < -0.39 is 8.07 Å². The van der Waals surface area contributed by atoms with Crippen LogP contribution in [0.3, 0.4) is 0 Å². The fourth-order valence-corrected chi connectivity index (χ4v) is 3.61. The smallest absolute Gasteiger partial charge is 0.0788 e. The van der Waals surface area contributed by atoms with Crippen molar-refractivity contribution in [3.8, 4) is 0 Å². The van der Waals surface area contributed by atoms with Gasteiger partial charge in [0.1, 0.15) is 0 Å². The number of rotatable bonds is 4. The maximum absolute atomic E-state index is 10.1. The Balaban J connectivity index is 3.06. The minimum Gasteiger partial charge on any atom is -0.388 e. The Morgan fingerprint density at radius 1 is 1.20 bits per heavy atom. The third-order valence-corrected chi connectivity index (χ3v) is 4.76. The molecule has 0 aliphatic carbocycles. The molecule has 0 aliphatic rings. The molecule has 1 nitrogen and oxygen atoms in total. The number of benzene rings is 1. The van der Waals surface area contributed by atoms with Crippen molar-refractivity contribution in [1.82, 2.24) is 0 Å². The molecule has 2 heteroatoms. The summed E-state index contributed by atoms with van der Waals surface area (Å²) in [5.41, 5.74) is 1.15. The molecule has 0 amide bonds. The third-order valence-electron chi connectivity index (χ3n) is 2.69. The van der Waals surface area contributed by atoms with Crippen LogP contribution in [0, 0.1) is 0 Å². The van der Waals surface area contributed by atoms with E-state index in [1.807, 2.05) is 6.07 Å². The van der Waals surface area contributed by atoms with Gasteiger partial charge in [-0.3, -0.25) is 0 Å². The van der Waals surface area contributed by atoms with Crippen molar-refractivity contribution in [3.63, 3.8) is 0 Å². The number of aliphatic hydroxyl groups is 1. The molecule has 1 N–H and O–H groups in total. The first-order chi connectivity index (χ1) is 6.96. The van der Waals surface area contributed by atoms with Gasteiger partial charge in [-0.25, -0.2) is 0 Å². The van der Waals surface area contributed by atoms with Gasteiger partial charge in [0.05, 0.1) is 14.2 Å². The van der Waals surface area contributed by atoms with Gasteiger partial charge < -0.3 is 5.11 Å². The van der Waals surface area contributed by atoms with Crippen molar-refractivity contribution < 1.29 is 5.11 Å². The zero-order chi connectivity index (χ0) is 11.5. The molecule has 1 unspecified atom stereocenters. The Kier molecular flexibility index (Phi) is 4.11. The van der Waals surface area contributed by atoms with Gasteiger partial charge in [-0.15, -0.1) is 0 Å². The van der Waals surface area contributed by atoms with Crippen LogP contribution in [0.4, 0.5) is 0 Å². The van der Waals surface area contributed by atoms with Crippen LogP contribution >= 0.6 is 0 Å². The van der Waals surface area contributed by atoms with Crippen molar-refractivity contribution in [1.29, 1.82) is 0 Å². The average molecular weight is 222 g/mol. The molecule has 84 valence electrons. The van der Waals surface area contributed by atoms with Crippen molar-refractivity contribution in [2.24, 2.45) is 0 Å². The summed E-state index contributed by atoms with van der Waals surface area (Å²) in [6, 6.07) is 8.36. The number of hydrogen-bond acceptors (Lipinski definition) is 1. The molecule has 0 heterocycles. The molecule has 1 aromatic carbocycles. The van der Waals surface area contributed by atoms with Gasteiger partial charge in [-0.2, -0.15) is 0 Å². The third kappa shape index (κ3) is 3.18. The molecule has 0 aliphatic heterocycles. The van der Waals surface area contributed by atoms with Crippen molar-refractivity contribution >= 4 is 13.3 Å². The lowest BCUT2D eigenvalue weighted by atomic mass is 10.1. The number of hydrogen-bond donors (Lipinski definition) is 1. The second-order valence-corrected chi connectivity index (χ2v) is 10.2. The number of aliphatic hydroxyl groups excluding tert-OH is 1. The molecule has 0 saturated heterocycles. The Hall–Kier alpha value is -0.603.